The first-order valence-electron chi connectivity index (χ1n) is 9.29. The van der Waals surface area contributed by atoms with Gasteiger partial charge in [0, 0.05) is 29.2 Å². The minimum Gasteiger partial charge on any atom is -0.326 e. The third kappa shape index (κ3) is 5.14. The SMILES string of the molecule is Cc1ccc(NC(=O)Cc2nc(CSc3nccn3-c3cccc(F)c3)cs2)cc1. The van der Waals surface area contributed by atoms with Gasteiger partial charge < -0.3 is 5.32 Å². The fraction of sp³-hybridized carbons (Fsp3) is 0.136. The van der Waals surface area contributed by atoms with Gasteiger partial charge in [-0.05, 0) is 37.3 Å². The van der Waals surface area contributed by atoms with Crippen LogP contribution in [-0.2, 0) is 17.0 Å². The first-order chi connectivity index (χ1) is 14.6. The second-order valence-corrected chi connectivity index (χ2v) is 8.56. The van der Waals surface area contributed by atoms with E-state index >= 15 is 0 Å². The molecule has 0 spiro atoms. The number of thiazole rings is 1. The molecule has 1 N–H and O–H groups in total. The molecule has 2 aromatic carbocycles. The van der Waals surface area contributed by atoms with Gasteiger partial charge in [-0.3, -0.25) is 9.36 Å². The highest BCUT2D eigenvalue weighted by molar-refractivity contribution is 7.98. The lowest BCUT2D eigenvalue weighted by molar-refractivity contribution is -0.115. The molecule has 0 atom stereocenters. The van der Waals surface area contributed by atoms with Crippen molar-refractivity contribution in [2.45, 2.75) is 24.3 Å². The quantitative estimate of drug-likeness (QED) is 0.401. The Hall–Kier alpha value is -2.97. The van der Waals surface area contributed by atoms with Crippen LogP contribution < -0.4 is 5.32 Å². The average Bonchev–Trinajstić information content (AvgIpc) is 3.37. The zero-order chi connectivity index (χ0) is 20.9. The first-order valence-corrected chi connectivity index (χ1v) is 11.2. The maximum atomic E-state index is 13.5. The van der Waals surface area contributed by atoms with E-state index in [-0.39, 0.29) is 18.1 Å². The Labute approximate surface area is 182 Å². The van der Waals surface area contributed by atoms with E-state index in [2.05, 4.69) is 15.3 Å². The Bertz CT molecular complexity index is 1150. The summed E-state index contributed by atoms with van der Waals surface area (Å²) in [4.78, 5) is 21.2. The van der Waals surface area contributed by atoms with Crippen molar-refractivity contribution < 1.29 is 9.18 Å². The molecule has 2 aromatic heterocycles. The van der Waals surface area contributed by atoms with E-state index in [9.17, 15) is 9.18 Å². The van der Waals surface area contributed by atoms with Gasteiger partial charge in [-0.15, -0.1) is 11.3 Å². The minimum absolute atomic E-state index is 0.0888. The minimum atomic E-state index is -0.287. The predicted octanol–water partition coefficient (Wildman–Crippen LogP) is 5.25. The van der Waals surface area contributed by atoms with Crippen LogP contribution in [0.3, 0.4) is 0 Å². The summed E-state index contributed by atoms with van der Waals surface area (Å²) in [5.41, 5.74) is 3.54. The maximum absolute atomic E-state index is 13.5. The average molecular weight is 439 g/mol. The van der Waals surface area contributed by atoms with Gasteiger partial charge >= 0.3 is 0 Å². The molecule has 1 amide bonds. The van der Waals surface area contributed by atoms with E-state index in [1.165, 1.54) is 35.2 Å². The van der Waals surface area contributed by atoms with Crippen LogP contribution in [-0.4, -0.2) is 20.4 Å². The second-order valence-electron chi connectivity index (χ2n) is 6.67. The number of benzene rings is 2. The number of halogens is 1. The van der Waals surface area contributed by atoms with Gasteiger partial charge in [0.05, 0.1) is 17.8 Å². The van der Waals surface area contributed by atoms with Gasteiger partial charge in [0.15, 0.2) is 5.16 Å². The molecule has 4 aromatic rings. The van der Waals surface area contributed by atoms with Crippen LogP contribution in [0.4, 0.5) is 10.1 Å². The standard InChI is InChI=1S/C22H19FN4OS2/c1-15-5-7-17(8-6-15)25-20(28)12-21-26-18(13-29-21)14-30-22-24-9-10-27(22)19-4-2-3-16(23)11-19/h2-11,13H,12,14H2,1H3,(H,25,28). The summed E-state index contributed by atoms with van der Waals surface area (Å²) in [6, 6.07) is 14.1. The third-order valence-electron chi connectivity index (χ3n) is 4.29. The summed E-state index contributed by atoms with van der Waals surface area (Å²) in [6.45, 7) is 2.01. The summed E-state index contributed by atoms with van der Waals surface area (Å²) in [6.07, 6.45) is 3.73. The van der Waals surface area contributed by atoms with Crippen LogP contribution in [0.5, 0.6) is 0 Å². The van der Waals surface area contributed by atoms with E-state index in [1.807, 2.05) is 47.2 Å². The topological polar surface area (TPSA) is 59.8 Å². The fourth-order valence-electron chi connectivity index (χ4n) is 2.83. The second kappa shape index (κ2) is 9.23. The normalized spacial score (nSPS) is 10.9. The van der Waals surface area contributed by atoms with E-state index in [0.717, 1.165) is 32.8 Å². The zero-order valence-corrected chi connectivity index (χ0v) is 17.8. The molecule has 0 aliphatic rings. The molecule has 0 fully saturated rings. The fourth-order valence-corrected chi connectivity index (χ4v) is 4.60. The number of hydrogen-bond donors (Lipinski definition) is 1. The van der Waals surface area contributed by atoms with E-state index in [0.29, 0.717) is 5.75 Å². The number of aryl methyl sites for hydroxylation is 1. The van der Waals surface area contributed by atoms with Crippen molar-refractivity contribution in [1.29, 1.82) is 0 Å². The first kappa shape index (κ1) is 20.3. The molecule has 0 saturated carbocycles. The molecule has 5 nitrogen and oxygen atoms in total. The molecule has 0 aliphatic carbocycles. The van der Waals surface area contributed by atoms with Gasteiger partial charge in [-0.25, -0.2) is 14.4 Å². The summed E-state index contributed by atoms with van der Waals surface area (Å²) in [5.74, 6) is 0.238. The molecule has 0 bridgehead atoms. The number of rotatable bonds is 7. The number of anilines is 1. The number of aromatic nitrogens is 3. The Balaban J connectivity index is 1.35. The van der Waals surface area contributed by atoms with Crippen molar-refractivity contribution in [3.05, 3.63) is 88.4 Å². The molecular weight excluding hydrogens is 419 g/mol. The van der Waals surface area contributed by atoms with E-state index < -0.39 is 0 Å². The molecule has 0 aliphatic heterocycles. The summed E-state index contributed by atoms with van der Waals surface area (Å²) < 4.78 is 15.4. The number of nitrogens with zero attached hydrogens (tertiary/aromatic N) is 3. The molecule has 152 valence electrons. The number of carbonyl (C=O) groups is 1. The number of nitrogens with one attached hydrogen (secondary N) is 1. The summed E-state index contributed by atoms with van der Waals surface area (Å²) in [5, 5.41) is 6.37. The Morgan fingerprint density at radius 1 is 1.23 bits per heavy atom. The predicted molar refractivity (Wildman–Crippen MR) is 119 cm³/mol. The molecule has 8 heteroatoms. The summed E-state index contributed by atoms with van der Waals surface area (Å²) >= 11 is 2.99. The maximum Gasteiger partial charge on any atom is 0.231 e. The Morgan fingerprint density at radius 2 is 2.07 bits per heavy atom. The van der Waals surface area contributed by atoms with Gasteiger partial charge in [0.2, 0.25) is 5.91 Å². The van der Waals surface area contributed by atoms with Crippen LogP contribution in [0.1, 0.15) is 16.3 Å². The van der Waals surface area contributed by atoms with Crippen LogP contribution in [0.25, 0.3) is 5.69 Å². The van der Waals surface area contributed by atoms with Gasteiger partial charge in [-0.1, -0.05) is 35.5 Å². The van der Waals surface area contributed by atoms with Crippen LogP contribution in [0.2, 0.25) is 0 Å². The van der Waals surface area contributed by atoms with Gasteiger partial charge in [0.25, 0.3) is 0 Å². The smallest absolute Gasteiger partial charge is 0.231 e. The molecular formula is C22H19FN4OS2. The van der Waals surface area contributed by atoms with Crippen molar-refractivity contribution >= 4 is 34.7 Å². The number of carbonyl (C=O) groups excluding carboxylic acids is 1. The number of thioether (sulfide) groups is 1. The van der Waals surface area contributed by atoms with Crippen LogP contribution in [0.15, 0.2) is 71.5 Å². The van der Waals surface area contributed by atoms with Crippen molar-refractivity contribution in [1.82, 2.24) is 14.5 Å². The highest BCUT2D eigenvalue weighted by Crippen LogP contribution is 2.25. The molecule has 4 rings (SSSR count). The Kier molecular flexibility index (Phi) is 6.25. The van der Waals surface area contributed by atoms with Crippen LogP contribution in [0, 0.1) is 12.7 Å². The summed E-state index contributed by atoms with van der Waals surface area (Å²) in [7, 11) is 0. The Morgan fingerprint density at radius 3 is 2.87 bits per heavy atom. The lowest BCUT2D eigenvalue weighted by Crippen LogP contribution is -2.14. The monoisotopic (exact) mass is 438 g/mol. The van der Waals surface area contributed by atoms with Crippen molar-refractivity contribution in [3.63, 3.8) is 0 Å². The van der Waals surface area contributed by atoms with Gasteiger partial charge in [0.1, 0.15) is 10.8 Å². The van der Waals surface area contributed by atoms with Crippen LogP contribution >= 0.6 is 23.1 Å². The van der Waals surface area contributed by atoms with E-state index in [1.54, 1.807) is 18.5 Å². The number of imidazole rings is 1. The molecule has 30 heavy (non-hydrogen) atoms. The lowest BCUT2D eigenvalue weighted by atomic mass is 10.2. The lowest BCUT2D eigenvalue weighted by Gasteiger charge is -2.07. The largest absolute Gasteiger partial charge is 0.326 e. The molecule has 0 unspecified atom stereocenters. The number of hydrogen-bond acceptors (Lipinski definition) is 5. The third-order valence-corrected chi connectivity index (χ3v) is 6.19. The number of amides is 1. The molecule has 2 heterocycles. The van der Waals surface area contributed by atoms with Crippen molar-refractivity contribution in [2.24, 2.45) is 0 Å². The van der Waals surface area contributed by atoms with E-state index in [4.69, 9.17) is 0 Å². The highest BCUT2D eigenvalue weighted by Gasteiger charge is 2.11. The highest BCUT2D eigenvalue weighted by atomic mass is 32.2. The molecule has 0 radical (unpaired) electrons. The zero-order valence-electron chi connectivity index (χ0n) is 16.2. The molecule has 0 saturated heterocycles. The van der Waals surface area contributed by atoms with Crippen molar-refractivity contribution in [3.8, 4) is 5.69 Å². The van der Waals surface area contributed by atoms with Gasteiger partial charge in [-0.2, -0.15) is 0 Å². The van der Waals surface area contributed by atoms with Crippen molar-refractivity contribution in [2.75, 3.05) is 5.32 Å².